The lowest BCUT2D eigenvalue weighted by Crippen LogP contribution is -2.26. The summed E-state index contributed by atoms with van der Waals surface area (Å²) in [6.45, 7) is 0.0266. The Hall–Kier alpha value is -3.42. The van der Waals surface area contributed by atoms with Gasteiger partial charge in [0, 0.05) is 38.2 Å². The molecule has 2 rings (SSSR count). The van der Waals surface area contributed by atoms with Gasteiger partial charge in [-0.15, -0.1) is 0 Å². The second-order valence-electron chi connectivity index (χ2n) is 5.22. The van der Waals surface area contributed by atoms with Gasteiger partial charge in [-0.25, -0.2) is 10.2 Å². The fourth-order valence-corrected chi connectivity index (χ4v) is 1.71. The first-order valence-corrected chi connectivity index (χ1v) is 7.49. The summed E-state index contributed by atoms with van der Waals surface area (Å²) in [5.41, 5.74) is 3.90. The number of amides is 2. The van der Waals surface area contributed by atoms with E-state index in [0.29, 0.717) is 11.4 Å². The molecule has 0 aliphatic heterocycles. The Kier molecular flexibility index (Phi) is 6.47. The number of carbonyl (C=O) groups excluding carboxylic acids is 2. The maximum absolute atomic E-state index is 11.8. The minimum Gasteiger partial charge on any atom is -0.410 e. The quantitative estimate of drug-likeness (QED) is 0.616. The predicted octanol–water partition coefficient (Wildman–Crippen LogP) is 1.70. The SMILES string of the molecule is CN(C)C(=O)Oc1cccc(NCC(=O)NN=Cc2ccncc2)c1. The molecular formula is C17H19N5O3. The van der Waals surface area contributed by atoms with E-state index in [-0.39, 0.29) is 12.5 Å². The van der Waals surface area contributed by atoms with E-state index in [4.69, 9.17) is 4.74 Å². The van der Waals surface area contributed by atoms with Crippen LogP contribution in [0.1, 0.15) is 5.56 Å². The standard InChI is InChI=1S/C17H19N5O3/c1-22(2)17(24)25-15-5-3-4-14(10-15)19-12-16(23)21-20-11-13-6-8-18-9-7-13/h3-11,19H,12H2,1-2H3,(H,21,23). The van der Waals surface area contributed by atoms with E-state index in [9.17, 15) is 9.59 Å². The predicted molar refractivity (Wildman–Crippen MR) is 94.6 cm³/mol. The summed E-state index contributed by atoms with van der Waals surface area (Å²) in [5, 5.41) is 6.80. The maximum Gasteiger partial charge on any atom is 0.414 e. The van der Waals surface area contributed by atoms with Gasteiger partial charge in [0.2, 0.25) is 0 Å². The first-order chi connectivity index (χ1) is 12.0. The smallest absolute Gasteiger partial charge is 0.410 e. The van der Waals surface area contributed by atoms with E-state index < -0.39 is 6.09 Å². The normalized spacial score (nSPS) is 10.3. The molecule has 25 heavy (non-hydrogen) atoms. The molecule has 0 fully saturated rings. The van der Waals surface area contributed by atoms with Crippen molar-refractivity contribution in [3.8, 4) is 5.75 Å². The molecule has 0 radical (unpaired) electrons. The van der Waals surface area contributed by atoms with Gasteiger partial charge < -0.3 is 15.0 Å². The summed E-state index contributed by atoms with van der Waals surface area (Å²) < 4.78 is 5.15. The van der Waals surface area contributed by atoms with Crippen molar-refractivity contribution in [3.63, 3.8) is 0 Å². The Morgan fingerprint density at radius 1 is 1.24 bits per heavy atom. The van der Waals surface area contributed by atoms with Gasteiger partial charge >= 0.3 is 6.09 Å². The molecule has 1 aromatic heterocycles. The summed E-state index contributed by atoms with van der Waals surface area (Å²) in [6, 6.07) is 10.3. The zero-order valence-electron chi connectivity index (χ0n) is 14.0. The number of rotatable bonds is 6. The van der Waals surface area contributed by atoms with Gasteiger partial charge in [0.05, 0.1) is 12.8 Å². The van der Waals surface area contributed by atoms with Crippen LogP contribution in [0.15, 0.2) is 53.9 Å². The largest absolute Gasteiger partial charge is 0.414 e. The van der Waals surface area contributed by atoms with Gasteiger partial charge in [0.1, 0.15) is 5.75 Å². The fraction of sp³-hybridized carbons (Fsp3) is 0.176. The number of hydrogen-bond acceptors (Lipinski definition) is 6. The topological polar surface area (TPSA) is 95.9 Å². The molecule has 2 amide bonds. The lowest BCUT2D eigenvalue weighted by atomic mass is 10.3. The zero-order chi connectivity index (χ0) is 18.1. The van der Waals surface area contributed by atoms with Crippen molar-refractivity contribution in [3.05, 3.63) is 54.4 Å². The van der Waals surface area contributed by atoms with Gasteiger partial charge in [0.25, 0.3) is 5.91 Å². The van der Waals surface area contributed by atoms with Crippen molar-refractivity contribution in [2.75, 3.05) is 26.0 Å². The third kappa shape index (κ3) is 6.30. The number of pyridine rings is 1. The molecule has 0 saturated carbocycles. The van der Waals surface area contributed by atoms with Crippen LogP contribution in [0.25, 0.3) is 0 Å². The third-order valence-electron chi connectivity index (χ3n) is 2.97. The van der Waals surface area contributed by atoms with Crippen molar-refractivity contribution >= 4 is 23.9 Å². The zero-order valence-corrected chi connectivity index (χ0v) is 14.0. The van der Waals surface area contributed by atoms with Gasteiger partial charge in [-0.05, 0) is 29.8 Å². The van der Waals surface area contributed by atoms with E-state index in [1.54, 1.807) is 62.9 Å². The lowest BCUT2D eigenvalue weighted by molar-refractivity contribution is -0.119. The van der Waals surface area contributed by atoms with Crippen LogP contribution in [-0.2, 0) is 4.79 Å². The van der Waals surface area contributed by atoms with Crippen molar-refractivity contribution in [2.45, 2.75) is 0 Å². The van der Waals surface area contributed by atoms with Crippen LogP contribution < -0.4 is 15.5 Å². The van der Waals surface area contributed by atoms with Crippen LogP contribution in [0.3, 0.4) is 0 Å². The number of aromatic nitrogens is 1. The maximum atomic E-state index is 11.8. The second-order valence-corrected chi connectivity index (χ2v) is 5.22. The fourth-order valence-electron chi connectivity index (χ4n) is 1.71. The van der Waals surface area contributed by atoms with Crippen LogP contribution >= 0.6 is 0 Å². The molecule has 1 heterocycles. The van der Waals surface area contributed by atoms with Crippen molar-refractivity contribution in [1.29, 1.82) is 0 Å². The van der Waals surface area contributed by atoms with Crippen molar-refractivity contribution in [2.24, 2.45) is 5.10 Å². The molecule has 0 aliphatic rings. The number of carbonyl (C=O) groups is 2. The molecule has 0 atom stereocenters. The van der Waals surface area contributed by atoms with E-state index >= 15 is 0 Å². The molecule has 0 aliphatic carbocycles. The third-order valence-corrected chi connectivity index (χ3v) is 2.97. The van der Waals surface area contributed by atoms with Gasteiger partial charge in [-0.1, -0.05) is 6.07 Å². The van der Waals surface area contributed by atoms with Crippen molar-refractivity contribution in [1.82, 2.24) is 15.3 Å². The minimum absolute atomic E-state index is 0.0266. The monoisotopic (exact) mass is 341 g/mol. The molecule has 130 valence electrons. The average molecular weight is 341 g/mol. The summed E-state index contributed by atoms with van der Waals surface area (Å²) in [5.74, 6) is 0.0841. The summed E-state index contributed by atoms with van der Waals surface area (Å²) >= 11 is 0. The molecule has 0 bridgehead atoms. The molecule has 1 aromatic carbocycles. The van der Waals surface area contributed by atoms with Gasteiger partial charge in [-0.3, -0.25) is 9.78 Å². The molecular weight excluding hydrogens is 322 g/mol. The number of hydrogen-bond donors (Lipinski definition) is 2. The average Bonchev–Trinajstić information content (AvgIpc) is 2.61. The van der Waals surface area contributed by atoms with Crippen molar-refractivity contribution < 1.29 is 14.3 Å². The molecule has 8 nitrogen and oxygen atoms in total. The highest BCUT2D eigenvalue weighted by Crippen LogP contribution is 2.17. The number of anilines is 1. The Morgan fingerprint density at radius 3 is 2.72 bits per heavy atom. The second kappa shape index (κ2) is 9.02. The molecule has 2 aromatic rings. The summed E-state index contributed by atoms with van der Waals surface area (Å²) in [7, 11) is 3.20. The van der Waals surface area contributed by atoms with E-state index in [1.165, 1.54) is 11.1 Å². The number of ether oxygens (including phenoxy) is 1. The highest BCUT2D eigenvalue weighted by Gasteiger charge is 2.07. The van der Waals surface area contributed by atoms with Crippen LogP contribution in [0.2, 0.25) is 0 Å². The molecule has 0 unspecified atom stereocenters. The van der Waals surface area contributed by atoms with Crippen LogP contribution in [0.4, 0.5) is 10.5 Å². The number of nitrogens with one attached hydrogen (secondary N) is 2. The highest BCUT2D eigenvalue weighted by molar-refractivity contribution is 5.84. The van der Waals surface area contributed by atoms with Crippen LogP contribution in [0, 0.1) is 0 Å². The van der Waals surface area contributed by atoms with Gasteiger partial charge in [0.15, 0.2) is 0 Å². The summed E-state index contributed by atoms with van der Waals surface area (Å²) in [4.78, 5) is 28.5. The molecule has 2 N–H and O–H groups in total. The van der Waals surface area contributed by atoms with Crippen LogP contribution in [-0.4, -0.2) is 48.7 Å². The van der Waals surface area contributed by atoms with E-state index in [2.05, 4.69) is 20.8 Å². The number of hydrazone groups is 1. The number of nitrogens with zero attached hydrogens (tertiary/aromatic N) is 3. The Labute approximate surface area is 145 Å². The Bertz CT molecular complexity index is 747. The van der Waals surface area contributed by atoms with E-state index in [0.717, 1.165) is 5.56 Å². The van der Waals surface area contributed by atoms with Crippen LogP contribution in [0.5, 0.6) is 5.75 Å². The highest BCUT2D eigenvalue weighted by atomic mass is 16.6. The molecule has 8 heteroatoms. The van der Waals surface area contributed by atoms with E-state index in [1.807, 2.05) is 0 Å². The lowest BCUT2D eigenvalue weighted by Gasteiger charge is -2.12. The Morgan fingerprint density at radius 2 is 2.00 bits per heavy atom. The summed E-state index contributed by atoms with van der Waals surface area (Å²) in [6.07, 6.45) is 4.34. The Balaban J connectivity index is 1.81. The molecule has 0 saturated heterocycles. The first-order valence-electron chi connectivity index (χ1n) is 7.49. The van der Waals surface area contributed by atoms with Gasteiger partial charge in [-0.2, -0.15) is 5.10 Å². The first kappa shape index (κ1) is 17.9. The minimum atomic E-state index is -0.472. The molecule has 0 spiro atoms. The number of benzene rings is 1.